The number of nitrogens with zero attached hydrogens (tertiary/aromatic N) is 2. The van der Waals surface area contributed by atoms with Gasteiger partial charge in [-0.05, 0) is 37.7 Å². The molecule has 1 aromatic rings. The molecule has 1 fully saturated rings. The number of carbonyl (C=O) groups excluding carboxylic acids is 1. The first-order chi connectivity index (χ1) is 10.3. The summed E-state index contributed by atoms with van der Waals surface area (Å²) in [6.07, 6.45) is 3.22. The van der Waals surface area contributed by atoms with E-state index in [1.807, 2.05) is 19.2 Å². The molecule has 2 rings (SSSR count). The largest absolute Gasteiger partial charge is 0.378 e. The van der Waals surface area contributed by atoms with Gasteiger partial charge in [-0.25, -0.2) is 4.98 Å². The van der Waals surface area contributed by atoms with E-state index in [2.05, 4.69) is 20.5 Å². The average molecular weight is 292 g/mol. The Bertz CT molecular complexity index is 447. The zero-order chi connectivity index (χ0) is 14.9. The molecule has 6 heteroatoms. The number of anilines is 1. The summed E-state index contributed by atoms with van der Waals surface area (Å²) >= 11 is 0. The Morgan fingerprint density at radius 1 is 1.43 bits per heavy atom. The van der Waals surface area contributed by atoms with Crippen LogP contribution in [0.1, 0.15) is 18.4 Å². The van der Waals surface area contributed by atoms with Crippen LogP contribution >= 0.6 is 0 Å². The van der Waals surface area contributed by atoms with E-state index in [-0.39, 0.29) is 5.91 Å². The smallest absolute Gasteiger partial charge is 0.220 e. The molecule has 116 valence electrons. The Morgan fingerprint density at radius 3 is 3.00 bits per heavy atom. The minimum absolute atomic E-state index is 0.0926. The van der Waals surface area contributed by atoms with Crippen molar-refractivity contribution >= 4 is 11.7 Å². The fraction of sp³-hybridized carbons (Fsp3) is 0.600. The molecular weight excluding hydrogens is 268 g/mol. The molecule has 2 heterocycles. The van der Waals surface area contributed by atoms with Crippen LogP contribution in [0, 0.1) is 0 Å². The molecule has 0 aromatic carbocycles. The van der Waals surface area contributed by atoms with Crippen LogP contribution in [0.5, 0.6) is 0 Å². The van der Waals surface area contributed by atoms with Crippen molar-refractivity contribution in [2.45, 2.75) is 19.4 Å². The maximum absolute atomic E-state index is 11.7. The number of rotatable bonds is 7. The van der Waals surface area contributed by atoms with Crippen molar-refractivity contribution < 1.29 is 9.53 Å². The summed E-state index contributed by atoms with van der Waals surface area (Å²) in [5.74, 6) is 1.05. The molecule has 0 aliphatic carbocycles. The maximum Gasteiger partial charge on any atom is 0.220 e. The Labute approximate surface area is 125 Å². The zero-order valence-electron chi connectivity index (χ0n) is 12.6. The first-order valence-corrected chi connectivity index (χ1v) is 7.48. The van der Waals surface area contributed by atoms with E-state index in [1.165, 1.54) is 0 Å². The lowest BCUT2D eigenvalue weighted by Gasteiger charge is -2.28. The highest BCUT2D eigenvalue weighted by Gasteiger charge is 2.12. The minimum Gasteiger partial charge on any atom is -0.378 e. The van der Waals surface area contributed by atoms with Crippen LogP contribution in [-0.2, 0) is 16.1 Å². The Hall–Kier alpha value is -1.66. The van der Waals surface area contributed by atoms with E-state index < -0.39 is 0 Å². The van der Waals surface area contributed by atoms with Crippen molar-refractivity contribution in [2.24, 2.45) is 0 Å². The fourth-order valence-corrected chi connectivity index (χ4v) is 2.25. The van der Waals surface area contributed by atoms with Gasteiger partial charge in [0.15, 0.2) is 0 Å². The second-order valence-corrected chi connectivity index (χ2v) is 5.11. The van der Waals surface area contributed by atoms with E-state index in [0.29, 0.717) is 13.0 Å². The lowest BCUT2D eigenvalue weighted by Crippen LogP contribution is -2.36. The third-order valence-electron chi connectivity index (χ3n) is 3.47. The summed E-state index contributed by atoms with van der Waals surface area (Å²) in [7, 11) is 1.89. The highest BCUT2D eigenvalue weighted by atomic mass is 16.5. The molecule has 0 saturated carbocycles. The zero-order valence-corrected chi connectivity index (χ0v) is 12.6. The van der Waals surface area contributed by atoms with Gasteiger partial charge in [0.2, 0.25) is 5.91 Å². The normalized spacial score (nSPS) is 15.0. The highest BCUT2D eigenvalue weighted by molar-refractivity contribution is 5.75. The van der Waals surface area contributed by atoms with Gasteiger partial charge in [0.1, 0.15) is 5.82 Å². The SMILES string of the molecule is CNCCCC(=O)NCc1ccnc(N2CCOCC2)c1. The van der Waals surface area contributed by atoms with Crippen LogP contribution in [0.3, 0.4) is 0 Å². The Balaban J connectivity index is 1.81. The van der Waals surface area contributed by atoms with Gasteiger partial charge in [-0.1, -0.05) is 0 Å². The van der Waals surface area contributed by atoms with Gasteiger partial charge in [0.05, 0.1) is 13.2 Å². The van der Waals surface area contributed by atoms with Crippen molar-refractivity contribution in [1.29, 1.82) is 0 Å². The number of amides is 1. The van der Waals surface area contributed by atoms with E-state index >= 15 is 0 Å². The number of nitrogens with one attached hydrogen (secondary N) is 2. The van der Waals surface area contributed by atoms with Crippen LogP contribution in [0.2, 0.25) is 0 Å². The summed E-state index contributed by atoms with van der Waals surface area (Å²) in [6.45, 7) is 4.64. The molecule has 0 radical (unpaired) electrons. The van der Waals surface area contributed by atoms with Crippen molar-refractivity contribution in [1.82, 2.24) is 15.6 Å². The summed E-state index contributed by atoms with van der Waals surface area (Å²) in [5, 5.41) is 5.99. The molecular formula is C15H24N4O2. The predicted octanol–water partition coefficient (Wildman–Crippen LogP) is 0.534. The second-order valence-electron chi connectivity index (χ2n) is 5.11. The number of ether oxygens (including phenoxy) is 1. The minimum atomic E-state index is 0.0926. The Kier molecular flexibility index (Phi) is 6.43. The molecule has 21 heavy (non-hydrogen) atoms. The van der Waals surface area contributed by atoms with Gasteiger partial charge in [-0.2, -0.15) is 0 Å². The quantitative estimate of drug-likeness (QED) is 0.718. The number of morpholine rings is 1. The predicted molar refractivity (Wildman–Crippen MR) is 82.3 cm³/mol. The first-order valence-electron chi connectivity index (χ1n) is 7.48. The van der Waals surface area contributed by atoms with E-state index in [4.69, 9.17) is 4.74 Å². The number of pyridine rings is 1. The van der Waals surface area contributed by atoms with Crippen LogP contribution in [0.15, 0.2) is 18.3 Å². The molecule has 0 bridgehead atoms. The lowest BCUT2D eigenvalue weighted by atomic mass is 10.2. The maximum atomic E-state index is 11.7. The average Bonchev–Trinajstić information content (AvgIpc) is 2.54. The summed E-state index contributed by atoms with van der Waals surface area (Å²) in [6, 6.07) is 3.98. The molecule has 0 atom stereocenters. The summed E-state index contributed by atoms with van der Waals surface area (Å²) < 4.78 is 5.35. The summed E-state index contributed by atoms with van der Waals surface area (Å²) in [5.41, 5.74) is 1.08. The monoisotopic (exact) mass is 292 g/mol. The third kappa shape index (κ3) is 5.32. The number of carbonyl (C=O) groups is 1. The van der Waals surface area contributed by atoms with Crippen molar-refractivity contribution in [3.8, 4) is 0 Å². The molecule has 1 aliphatic rings. The second kappa shape index (κ2) is 8.59. The van der Waals surface area contributed by atoms with Gasteiger partial charge in [-0.3, -0.25) is 4.79 Å². The van der Waals surface area contributed by atoms with Gasteiger partial charge < -0.3 is 20.3 Å². The van der Waals surface area contributed by atoms with Crippen LogP contribution in [0.4, 0.5) is 5.82 Å². The van der Waals surface area contributed by atoms with Gasteiger partial charge >= 0.3 is 0 Å². The molecule has 6 nitrogen and oxygen atoms in total. The van der Waals surface area contributed by atoms with E-state index in [1.54, 1.807) is 6.20 Å². The van der Waals surface area contributed by atoms with Crippen LogP contribution < -0.4 is 15.5 Å². The van der Waals surface area contributed by atoms with Crippen LogP contribution in [0.25, 0.3) is 0 Å². The van der Waals surface area contributed by atoms with Crippen molar-refractivity contribution in [2.75, 3.05) is 44.8 Å². The number of hydrogen-bond donors (Lipinski definition) is 2. The third-order valence-corrected chi connectivity index (χ3v) is 3.47. The molecule has 0 unspecified atom stereocenters. The molecule has 0 spiro atoms. The van der Waals surface area contributed by atoms with Crippen molar-refractivity contribution in [3.05, 3.63) is 23.9 Å². The Morgan fingerprint density at radius 2 is 2.24 bits per heavy atom. The van der Waals surface area contributed by atoms with Crippen molar-refractivity contribution in [3.63, 3.8) is 0 Å². The van der Waals surface area contributed by atoms with Gasteiger partial charge in [-0.15, -0.1) is 0 Å². The molecule has 1 saturated heterocycles. The fourth-order valence-electron chi connectivity index (χ4n) is 2.25. The standard InChI is InChI=1S/C15H24N4O2/c1-16-5-2-3-15(20)18-12-13-4-6-17-14(11-13)19-7-9-21-10-8-19/h4,6,11,16H,2-3,5,7-10,12H2,1H3,(H,18,20). The molecule has 1 aliphatic heterocycles. The van der Waals surface area contributed by atoms with Gasteiger partial charge in [0, 0.05) is 32.3 Å². The topological polar surface area (TPSA) is 66.5 Å². The number of hydrogen-bond acceptors (Lipinski definition) is 5. The van der Waals surface area contributed by atoms with E-state index in [0.717, 1.165) is 50.7 Å². The molecule has 2 N–H and O–H groups in total. The van der Waals surface area contributed by atoms with E-state index in [9.17, 15) is 4.79 Å². The molecule has 1 amide bonds. The lowest BCUT2D eigenvalue weighted by molar-refractivity contribution is -0.121. The summed E-state index contributed by atoms with van der Waals surface area (Å²) in [4.78, 5) is 18.3. The number of aromatic nitrogens is 1. The molecule has 1 aromatic heterocycles. The van der Waals surface area contributed by atoms with Crippen LogP contribution in [-0.4, -0.2) is 50.8 Å². The highest BCUT2D eigenvalue weighted by Crippen LogP contribution is 2.14. The van der Waals surface area contributed by atoms with Gasteiger partial charge in [0.25, 0.3) is 0 Å². The first kappa shape index (κ1) is 15.7.